The summed E-state index contributed by atoms with van der Waals surface area (Å²) in [6.07, 6.45) is 3.74. The van der Waals surface area contributed by atoms with E-state index in [1.165, 1.54) is 11.3 Å². The summed E-state index contributed by atoms with van der Waals surface area (Å²) >= 11 is 1.47. The van der Waals surface area contributed by atoms with Crippen molar-refractivity contribution in [1.29, 1.82) is 0 Å². The number of nitrogens with one attached hydrogen (secondary N) is 2. The average molecular weight is 341 g/mol. The van der Waals surface area contributed by atoms with Gasteiger partial charge in [-0.1, -0.05) is 0 Å². The van der Waals surface area contributed by atoms with Gasteiger partial charge in [-0.05, 0) is 31.0 Å². The number of carbonyl (C=O) groups is 1. The van der Waals surface area contributed by atoms with Crippen LogP contribution in [0.15, 0.2) is 29.8 Å². The molecule has 0 saturated heterocycles. The minimum Gasteiger partial charge on any atom is -0.391 e. The van der Waals surface area contributed by atoms with Crippen LogP contribution in [0.25, 0.3) is 22.4 Å². The molecular weight excluding hydrogens is 326 g/mol. The van der Waals surface area contributed by atoms with E-state index in [2.05, 4.69) is 25.6 Å². The first-order valence-corrected chi connectivity index (χ1v) is 8.49. The number of fused-ring (bicyclic) bond motifs is 1. The van der Waals surface area contributed by atoms with Gasteiger partial charge in [-0.15, -0.1) is 11.3 Å². The average Bonchev–Trinajstić information content (AvgIpc) is 3.26. The lowest BCUT2D eigenvalue weighted by Crippen LogP contribution is -2.30. The van der Waals surface area contributed by atoms with E-state index in [0.29, 0.717) is 22.7 Å². The van der Waals surface area contributed by atoms with Crippen molar-refractivity contribution >= 4 is 34.3 Å². The number of thiophene rings is 1. The quantitative estimate of drug-likeness (QED) is 0.677. The number of aliphatic hydroxyl groups is 1. The zero-order valence-electron chi connectivity index (χ0n) is 12.7. The minimum absolute atomic E-state index is 0.00804. The van der Waals surface area contributed by atoms with E-state index in [4.69, 9.17) is 0 Å². The third kappa shape index (κ3) is 3.19. The van der Waals surface area contributed by atoms with E-state index >= 15 is 0 Å². The zero-order valence-corrected chi connectivity index (χ0v) is 13.5. The number of aromatic nitrogens is 3. The molecule has 3 N–H and O–H groups in total. The van der Waals surface area contributed by atoms with Crippen molar-refractivity contribution in [2.45, 2.75) is 25.5 Å². The number of pyridine rings is 1. The Kier molecular flexibility index (Phi) is 3.83. The van der Waals surface area contributed by atoms with Gasteiger partial charge in [0.2, 0.25) is 0 Å². The van der Waals surface area contributed by atoms with Crippen LogP contribution in [0.1, 0.15) is 17.7 Å². The molecule has 0 radical (unpaired) electrons. The number of urea groups is 1. The molecule has 2 amide bonds. The highest BCUT2D eigenvalue weighted by Crippen LogP contribution is 2.25. The van der Waals surface area contributed by atoms with E-state index in [-0.39, 0.29) is 18.7 Å². The third-order valence-corrected chi connectivity index (χ3v) is 4.59. The van der Waals surface area contributed by atoms with Gasteiger partial charge >= 0.3 is 6.03 Å². The summed E-state index contributed by atoms with van der Waals surface area (Å²) in [7, 11) is 0. The van der Waals surface area contributed by atoms with Crippen molar-refractivity contribution in [1.82, 2.24) is 20.3 Å². The molecule has 4 rings (SSSR count). The molecular formula is C16H15N5O2S. The molecule has 1 aliphatic rings. The summed E-state index contributed by atoms with van der Waals surface area (Å²) in [5, 5.41) is 16.7. The first kappa shape index (κ1) is 15.0. The van der Waals surface area contributed by atoms with Gasteiger partial charge in [0, 0.05) is 21.9 Å². The van der Waals surface area contributed by atoms with Gasteiger partial charge in [0.1, 0.15) is 11.3 Å². The van der Waals surface area contributed by atoms with Crippen LogP contribution < -0.4 is 10.6 Å². The summed E-state index contributed by atoms with van der Waals surface area (Å²) < 4.78 is 0. The number of aliphatic hydroxyl groups excluding tert-OH is 1. The number of rotatable bonds is 4. The molecule has 3 aromatic rings. The topological polar surface area (TPSA) is 100 Å². The highest BCUT2D eigenvalue weighted by atomic mass is 32.1. The fraction of sp³-hybridized carbons (Fsp3) is 0.250. The van der Waals surface area contributed by atoms with Gasteiger partial charge in [0.15, 0.2) is 5.65 Å². The Bertz CT molecular complexity index is 906. The van der Waals surface area contributed by atoms with Crippen molar-refractivity contribution in [3.8, 4) is 11.3 Å². The molecule has 7 nitrogen and oxygen atoms in total. The number of amides is 2. The number of nitrogens with zero attached hydrogens (tertiary/aromatic N) is 3. The Hall–Kier alpha value is -2.58. The van der Waals surface area contributed by atoms with Crippen molar-refractivity contribution in [3.05, 3.63) is 34.7 Å². The van der Waals surface area contributed by atoms with Crippen LogP contribution in [0.3, 0.4) is 0 Å². The van der Waals surface area contributed by atoms with Gasteiger partial charge in [0.05, 0.1) is 18.5 Å². The van der Waals surface area contributed by atoms with E-state index in [1.807, 2.05) is 11.4 Å². The van der Waals surface area contributed by atoms with Crippen molar-refractivity contribution in [3.63, 3.8) is 0 Å². The standard InChI is InChI=1S/C16H15N5O2S/c22-7-11-5-9(8-24-11)13-6-17-12-3-4-14(20-15(12)19-13)21-16(23)18-10-1-2-10/h3-6,8,10,22H,1-2,7H2,(H2,18,19,20,21,23). The summed E-state index contributed by atoms with van der Waals surface area (Å²) in [6.45, 7) is 0.00804. The molecule has 1 fully saturated rings. The van der Waals surface area contributed by atoms with Gasteiger partial charge in [-0.2, -0.15) is 0 Å². The molecule has 0 aliphatic heterocycles. The molecule has 122 valence electrons. The van der Waals surface area contributed by atoms with Gasteiger partial charge < -0.3 is 10.4 Å². The van der Waals surface area contributed by atoms with Crippen LogP contribution >= 0.6 is 11.3 Å². The lowest BCUT2D eigenvalue weighted by atomic mass is 10.2. The second-order valence-electron chi connectivity index (χ2n) is 5.63. The molecule has 3 heterocycles. The zero-order chi connectivity index (χ0) is 16.5. The van der Waals surface area contributed by atoms with Gasteiger partial charge in [0.25, 0.3) is 0 Å². The molecule has 1 saturated carbocycles. The Balaban J connectivity index is 1.60. The summed E-state index contributed by atoms with van der Waals surface area (Å²) in [6, 6.07) is 5.40. The fourth-order valence-corrected chi connectivity index (χ4v) is 3.01. The van der Waals surface area contributed by atoms with E-state index in [1.54, 1.807) is 18.3 Å². The summed E-state index contributed by atoms with van der Waals surface area (Å²) in [4.78, 5) is 25.9. The van der Waals surface area contributed by atoms with Gasteiger partial charge in [-0.25, -0.2) is 14.8 Å². The lowest BCUT2D eigenvalue weighted by Gasteiger charge is -2.06. The number of hydrogen-bond donors (Lipinski definition) is 3. The fourth-order valence-electron chi connectivity index (χ4n) is 2.27. The van der Waals surface area contributed by atoms with Crippen molar-refractivity contribution < 1.29 is 9.90 Å². The van der Waals surface area contributed by atoms with Crippen molar-refractivity contribution in [2.75, 3.05) is 5.32 Å². The van der Waals surface area contributed by atoms with E-state index < -0.39 is 0 Å². The number of carbonyl (C=O) groups excluding carboxylic acids is 1. The molecule has 0 atom stereocenters. The Morgan fingerprint density at radius 2 is 2.21 bits per heavy atom. The Morgan fingerprint density at radius 3 is 2.96 bits per heavy atom. The first-order chi connectivity index (χ1) is 11.7. The first-order valence-electron chi connectivity index (χ1n) is 7.61. The number of hydrogen-bond acceptors (Lipinski definition) is 6. The smallest absolute Gasteiger partial charge is 0.320 e. The van der Waals surface area contributed by atoms with E-state index in [9.17, 15) is 9.90 Å². The second-order valence-corrected chi connectivity index (χ2v) is 6.62. The predicted octanol–water partition coefficient (Wildman–Crippen LogP) is 2.53. The monoisotopic (exact) mass is 341 g/mol. The number of anilines is 1. The normalized spacial score (nSPS) is 13.9. The van der Waals surface area contributed by atoms with Crippen LogP contribution in [0, 0.1) is 0 Å². The summed E-state index contributed by atoms with van der Waals surface area (Å²) in [5.41, 5.74) is 2.70. The van der Waals surface area contributed by atoms with Crippen LogP contribution in [0.5, 0.6) is 0 Å². The largest absolute Gasteiger partial charge is 0.391 e. The van der Waals surface area contributed by atoms with Crippen LogP contribution in [-0.4, -0.2) is 32.1 Å². The van der Waals surface area contributed by atoms with E-state index in [0.717, 1.165) is 23.3 Å². The molecule has 0 aromatic carbocycles. The maximum atomic E-state index is 11.8. The summed E-state index contributed by atoms with van der Waals surface area (Å²) in [5.74, 6) is 0.438. The maximum absolute atomic E-state index is 11.8. The molecule has 0 spiro atoms. The van der Waals surface area contributed by atoms with Crippen LogP contribution in [0.2, 0.25) is 0 Å². The molecule has 1 aliphatic carbocycles. The molecule has 8 heteroatoms. The molecule has 24 heavy (non-hydrogen) atoms. The van der Waals surface area contributed by atoms with Crippen LogP contribution in [-0.2, 0) is 6.61 Å². The van der Waals surface area contributed by atoms with Gasteiger partial charge in [-0.3, -0.25) is 10.3 Å². The highest BCUT2D eigenvalue weighted by Gasteiger charge is 2.23. The van der Waals surface area contributed by atoms with Crippen molar-refractivity contribution in [2.24, 2.45) is 0 Å². The third-order valence-electron chi connectivity index (χ3n) is 3.67. The Morgan fingerprint density at radius 1 is 1.33 bits per heavy atom. The maximum Gasteiger partial charge on any atom is 0.320 e. The second kappa shape index (κ2) is 6.14. The Labute approximate surface area is 141 Å². The SMILES string of the molecule is O=C(Nc1ccc2ncc(-c3csc(CO)c3)nc2n1)NC1CC1. The molecule has 3 aromatic heterocycles. The highest BCUT2D eigenvalue weighted by molar-refractivity contribution is 7.10. The van der Waals surface area contributed by atoms with Crippen LogP contribution in [0.4, 0.5) is 10.6 Å². The minimum atomic E-state index is -0.251. The predicted molar refractivity (Wildman–Crippen MR) is 91.7 cm³/mol. The molecule has 0 unspecified atom stereocenters. The molecule has 0 bridgehead atoms. The lowest BCUT2D eigenvalue weighted by molar-refractivity contribution is 0.251.